The Hall–Kier alpha value is -3.36. The number of hydrogen-bond donors (Lipinski definition) is 1. The molecule has 0 atom stereocenters. The van der Waals surface area contributed by atoms with Crippen LogP contribution in [0, 0.1) is 5.82 Å². The first kappa shape index (κ1) is 20.5. The van der Waals surface area contributed by atoms with Crippen LogP contribution in [0.3, 0.4) is 0 Å². The molecule has 158 valence electrons. The van der Waals surface area contributed by atoms with Gasteiger partial charge in [0, 0.05) is 9.79 Å². The monoisotopic (exact) mass is 460 g/mol. The number of aromatic amines is 1. The summed E-state index contributed by atoms with van der Waals surface area (Å²) in [7, 11) is 0. The van der Waals surface area contributed by atoms with Crippen molar-refractivity contribution in [2.75, 3.05) is 10.7 Å². The zero-order valence-corrected chi connectivity index (χ0v) is 18.4. The number of aromatic nitrogens is 3. The van der Waals surface area contributed by atoms with E-state index in [0.29, 0.717) is 11.0 Å². The van der Waals surface area contributed by atoms with Crippen molar-refractivity contribution < 1.29 is 9.18 Å². The molecule has 8 heteroatoms. The lowest BCUT2D eigenvalue weighted by Crippen LogP contribution is -2.30. The van der Waals surface area contributed by atoms with E-state index in [1.54, 1.807) is 34.9 Å². The quantitative estimate of drug-likeness (QED) is 0.368. The van der Waals surface area contributed by atoms with E-state index in [0.717, 1.165) is 26.7 Å². The predicted octanol–water partition coefficient (Wildman–Crippen LogP) is 6.04. The summed E-state index contributed by atoms with van der Waals surface area (Å²) in [4.78, 5) is 21.5. The highest BCUT2D eigenvalue weighted by molar-refractivity contribution is 8.00. The maximum atomic E-state index is 13.2. The van der Waals surface area contributed by atoms with Crippen molar-refractivity contribution in [3.63, 3.8) is 0 Å². The van der Waals surface area contributed by atoms with Crippen molar-refractivity contribution in [1.82, 2.24) is 15.2 Å². The number of nitrogens with zero attached hydrogens (tertiary/aromatic N) is 3. The van der Waals surface area contributed by atoms with Gasteiger partial charge in [0.1, 0.15) is 11.6 Å². The largest absolute Gasteiger partial charge is 0.278 e. The molecule has 2 heterocycles. The molecule has 1 aliphatic rings. The minimum atomic E-state index is -0.275. The molecule has 1 amide bonds. The molecule has 0 bridgehead atoms. The van der Waals surface area contributed by atoms with E-state index in [2.05, 4.69) is 15.2 Å². The van der Waals surface area contributed by atoms with Crippen LogP contribution in [0.1, 0.15) is 11.4 Å². The van der Waals surface area contributed by atoms with Crippen LogP contribution < -0.4 is 4.90 Å². The van der Waals surface area contributed by atoms with Crippen LogP contribution in [0.25, 0.3) is 12.2 Å². The van der Waals surface area contributed by atoms with E-state index < -0.39 is 0 Å². The molecular formula is C24H17FN4OS2. The van der Waals surface area contributed by atoms with E-state index in [4.69, 9.17) is 0 Å². The van der Waals surface area contributed by atoms with Gasteiger partial charge in [0.05, 0.1) is 17.1 Å². The van der Waals surface area contributed by atoms with Crippen molar-refractivity contribution in [3.05, 3.63) is 90.0 Å². The molecule has 1 aliphatic heterocycles. The van der Waals surface area contributed by atoms with Gasteiger partial charge >= 0.3 is 0 Å². The zero-order chi connectivity index (χ0) is 21.9. The molecule has 0 radical (unpaired) electrons. The Balaban J connectivity index is 1.29. The minimum Gasteiger partial charge on any atom is -0.278 e. The lowest BCUT2D eigenvalue weighted by Gasteiger charge is -2.30. The number of para-hydroxylation sites is 2. The highest BCUT2D eigenvalue weighted by atomic mass is 32.2. The Bertz CT molecular complexity index is 1260. The molecule has 0 spiro atoms. The van der Waals surface area contributed by atoms with Crippen molar-refractivity contribution in [1.29, 1.82) is 0 Å². The van der Waals surface area contributed by atoms with Crippen molar-refractivity contribution in [3.8, 4) is 0 Å². The number of rotatable bonds is 5. The second kappa shape index (κ2) is 9.02. The number of carbonyl (C=O) groups is 1. The molecule has 0 saturated heterocycles. The lowest BCUT2D eigenvalue weighted by molar-refractivity contribution is -0.115. The molecule has 3 aromatic carbocycles. The number of hydrogen-bond acceptors (Lipinski definition) is 5. The minimum absolute atomic E-state index is 0.0385. The number of benzene rings is 3. The molecular weight excluding hydrogens is 443 g/mol. The average Bonchev–Trinajstić information content (AvgIpc) is 3.28. The molecule has 1 N–H and O–H groups in total. The van der Waals surface area contributed by atoms with Crippen molar-refractivity contribution >= 4 is 53.0 Å². The number of H-pyrrole nitrogens is 1. The van der Waals surface area contributed by atoms with Gasteiger partial charge < -0.3 is 0 Å². The molecule has 0 fully saturated rings. The van der Waals surface area contributed by atoms with Gasteiger partial charge in [-0.2, -0.15) is 0 Å². The van der Waals surface area contributed by atoms with E-state index >= 15 is 0 Å². The van der Waals surface area contributed by atoms with Crippen LogP contribution in [0.15, 0.2) is 87.7 Å². The van der Waals surface area contributed by atoms with E-state index in [-0.39, 0.29) is 17.5 Å². The number of carbonyl (C=O) groups excluding carboxylic acids is 1. The predicted molar refractivity (Wildman–Crippen MR) is 127 cm³/mol. The van der Waals surface area contributed by atoms with Gasteiger partial charge in [-0.15, -0.1) is 5.10 Å². The molecule has 4 aromatic rings. The number of fused-ring (bicyclic) bond motifs is 2. The third-order valence-corrected chi connectivity index (χ3v) is 6.75. The fraction of sp³-hybridized carbons (Fsp3) is 0.0417. The van der Waals surface area contributed by atoms with Gasteiger partial charge in [0.2, 0.25) is 11.1 Å². The molecule has 0 saturated carbocycles. The fourth-order valence-corrected chi connectivity index (χ4v) is 5.02. The summed E-state index contributed by atoms with van der Waals surface area (Å²) in [5.41, 5.74) is 2.63. The maximum absolute atomic E-state index is 13.2. The van der Waals surface area contributed by atoms with Gasteiger partial charge in [-0.25, -0.2) is 9.37 Å². The Labute approximate surface area is 192 Å². The second-order valence-electron chi connectivity index (χ2n) is 6.94. The number of thioether (sulfide) groups is 1. The standard InChI is InChI=1S/C24H17FN4OS2/c25-17-12-9-16(10-13-17)11-14-22-26-24(28-27-22)31-15-23(30)29-18-5-1-3-7-20(18)32-21-8-4-2-6-19(21)29/h1-14H,15H2,(H,26,27,28)/b14-11+. The number of anilines is 2. The topological polar surface area (TPSA) is 61.9 Å². The molecule has 32 heavy (non-hydrogen) atoms. The van der Waals surface area contributed by atoms with Crippen LogP contribution in [0.5, 0.6) is 0 Å². The molecule has 5 rings (SSSR count). The first-order chi connectivity index (χ1) is 15.7. The maximum Gasteiger partial charge on any atom is 0.242 e. The first-order valence-electron chi connectivity index (χ1n) is 9.85. The molecule has 0 unspecified atom stereocenters. The van der Waals surface area contributed by atoms with Crippen molar-refractivity contribution in [2.45, 2.75) is 14.9 Å². The average molecular weight is 461 g/mol. The van der Waals surface area contributed by atoms with Crippen LogP contribution in [-0.2, 0) is 4.79 Å². The lowest BCUT2D eigenvalue weighted by atomic mass is 10.2. The number of amides is 1. The summed E-state index contributed by atoms with van der Waals surface area (Å²) in [5.74, 6) is 0.451. The third kappa shape index (κ3) is 4.32. The van der Waals surface area contributed by atoms with Gasteiger partial charge in [-0.3, -0.25) is 14.8 Å². The summed E-state index contributed by atoms with van der Waals surface area (Å²) in [6.07, 6.45) is 3.58. The summed E-state index contributed by atoms with van der Waals surface area (Å²) >= 11 is 2.95. The normalized spacial score (nSPS) is 12.6. The van der Waals surface area contributed by atoms with Crippen LogP contribution in [-0.4, -0.2) is 26.8 Å². The summed E-state index contributed by atoms with van der Waals surface area (Å²) in [6.45, 7) is 0. The molecule has 0 aliphatic carbocycles. The van der Waals surface area contributed by atoms with E-state index in [1.807, 2.05) is 54.6 Å². The van der Waals surface area contributed by atoms with Crippen LogP contribution >= 0.6 is 23.5 Å². The molecule has 1 aromatic heterocycles. The highest BCUT2D eigenvalue weighted by Gasteiger charge is 2.27. The van der Waals surface area contributed by atoms with Crippen molar-refractivity contribution in [2.24, 2.45) is 0 Å². The Kier molecular flexibility index (Phi) is 5.79. The fourth-order valence-electron chi connectivity index (χ4n) is 3.31. The number of nitrogens with one attached hydrogen (secondary N) is 1. The summed E-state index contributed by atoms with van der Waals surface area (Å²) < 4.78 is 13.0. The van der Waals surface area contributed by atoms with E-state index in [1.165, 1.54) is 23.9 Å². The summed E-state index contributed by atoms with van der Waals surface area (Å²) in [5, 5.41) is 7.53. The van der Waals surface area contributed by atoms with Gasteiger partial charge in [-0.05, 0) is 48.0 Å². The highest BCUT2D eigenvalue weighted by Crippen LogP contribution is 2.48. The second-order valence-corrected chi connectivity index (χ2v) is 8.97. The SMILES string of the molecule is O=C(CSc1n[nH]c(/C=C/c2ccc(F)cc2)n1)N1c2ccccc2Sc2ccccc21. The van der Waals surface area contributed by atoms with Gasteiger partial charge in [-0.1, -0.05) is 66.0 Å². The van der Waals surface area contributed by atoms with Gasteiger partial charge in [0.25, 0.3) is 0 Å². The Morgan fingerprint density at radius 3 is 2.31 bits per heavy atom. The van der Waals surface area contributed by atoms with Crippen LogP contribution in [0.2, 0.25) is 0 Å². The Morgan fingerprint density at radius 2 is 1.62 bits per heavy atom. The zero-order valence-electron chi connectivity index (χ0n) is 16.7. The van der Waals surface area contributed by atoms with Gasteiger partial charge in [0.15, 0.2) is 0 Å². The van der Waals surface area contributed by atoms with Crippen LogP contribution in [0.4, 0.5) is 15.8 Å². The third-order valence-electron chi connectivity index (χ3n) is 4.79. The van der Waals surface area contributed by atoms with E-state index in [9.17, 15) is 9.18 Å². The first-order valence-corrected chi connectivity index (χ1v) is 11.7. The summed E-state index contributed by atoms with van der Waals surface area (Å²) in [6, 6.07) is 22.0. The Morgan fingerprint density at radius 1 is 0.969 bits per heavy atom. The smallest absolute Gasteiger partial charge is 0.242 e. The molecule has 5 nitrogen and oxygen atoms in total. The number of halogens is 1.